The van der Waals surface area contributed by atoms with E-state index in [0.29, 0.717) is 5.69 Å². The molecule has 1 N–H and O–H groups in total. The molecule has 39 heavy (non-hydrogen) atoms. The van der Waals surface area contributed by atoms with Crippen molar-refractivity contribution in [3.05, 3.63) is 94.5 Å². The highest BCUT2D eigenvalue weighted by molar-refractivity contribution is 9.10. The first-order valence-electron chi connectivity index (χ1n) is 13.1. The average Bonchev–Trinajstić information content (AvgIpc) is 3.44. The van der Waals surface area contributed by atoms with Crippen LogP contribution in [0.25, 0.3) is 0 Å². The number of hydrogen-bond donors (Lipinski definition) is 1. The number of anilines is 1. The quantitative estimate of drug-likeness (QED) is 0.331. The molecule has 3 aromatic rings. The molecule has 206 valence electrons. The van der Waals surface area contributed by atoms with Crippen molar-refractivity contribution in [2.24, 2.45) is 0 Å². The van der Waals surface area contributed by atoms with E-state index in [0.717, 1.165) is 45.6 Å². The zero-order valence-electron chi connectivity index (χ0n) is 22.2. The second-order valence-corrected chi connectivity index (χ2v) is 12.8. The fourth-order valence-corrected chi connectivity index (χ4v) is 6.48. The lowest BCUT2D eigenvalue weighted by Crippen LogP contribution is -2.52. The number of nitrogens with zero attached hydrogens (tertiary/aromatic N) is 2. The maximum atomic E-state index is 14.0. The molecule has 1 aliphatic carbocycles. The van der Waals surface area contributed by atoms with Gasteiger partial charge in [-0.3, -0.25) is 13.9 Å². The Morgan fingerprint density at radius 2 is 1.64 bits per heavy atom. The van der Waals surface area contributed by atoms with Crippen LogP contribution in [0.15, 0.2) is 88.2 Å². The molecule has 0 heterocycles. The van der Waals surface area contributed by atoms with E-state index in [1.165, 1.54) is 17.0 Å². The first-order valence-corrected chi connectivity index (χ1v) is 15.4. The summed E-state index contributed by atoms with van der Waals surface area (Å²) in [5, 5.41) is 3.09. The predicted molar refractivity (Wildman–Crippen MR) is 157 cm³/mol. The highest BCUT2D eigenvalue weighted by atomic mass is 79.9. The Kier molecular flexibility index (Phi) is 9.45. The third-order valence-corrected chi connectivity index (χ3v) is 9.35. The summed E-state index contributed by atoms with van der Waals surface area (Å²) in [5.74, 6) is -0.701. The molecule has 0 aliphatic heterocycles. The summed E-state index contributed by atoms with van der Waals surface area (Å²) < 4.78 is 29.6. The molecule has 0 saturated heterocycles. The highest BCUT2D eigenvalue weighted by Crippen LogP contribution is 2.26. The molecular weight excluding hydrogens is 578 g/mol. The fraction of sp³-hybridized carbons (Fsp3) is 0.333. The van der Waals surface area contributed by atoms with Crippen molar-refractivity contribution in [3.63, 3.8) is 0 Å². The van der Waals surface area contributed by atoms with Crippen molar-refractivity contribution in [2.75, 3.05) is 10.8 Å². The number of halogens is 1. The van der Waals surface area contributed by atoms with E-state index < -0.39 is 28.5 Å². The smallest absolute Gasteiger partial charge is 0.264 e. The first kappa shape index (κ1) is 28.8. The van der Waals surface area contributed by atoms with Crippen LogP contribution in [0.4, 0.5) is 5.69 Å². The number of aryl methyl sites for hydroxylation is 1. The molecule has 0 aromatic heterocycles. The molecule has 9 heteroatoms. The van der Waals surface area contributed by atoms with Crippen LogP contribution in [-0.2, 0) is 26.2 Å². The van der Waals surface area contributed by atoms with E-state index in [2.05, 4.69) is 21.2 Å². The lowest BCUT2D eigenvalue weighted by Gasteiger charge is -2.32. The minimum absolute atomic E-state index is 0.0887. The Balaban J connectivity index is 1.67. The summed E-state index contributed by atoms with van der Waals surface area (Å²) in [7, 11) is -4.06. The van der Waals surface area contributed by atoms with Crippen LogP contribution in [0, 0.1) is 6.92 Å². The Morgan fingerprint density at radius 1 is 0.974 bits per heavy atom. The van der Waals surface area contributed by atoms with Gasteiger partial charge in [0.15, 0.2) is 0 Å². The summed E-state index contributed by atoms with van der Waals surface area (Å²) in [4.78, 5) is 28.8. The van der Waals surface area contributed by atoms with Gasteiger partial charge in [-0.1, -0.05) is 71.2 Å². The van der Waals surface area contributed by atoms with Crippen molar-refractivity contribution in [1.29, 1.82) is 0 Å². The van der Waals surface area contributed by atoms with E-state index in [4.69, 9.17) is 0 Å². The Hall–Kier alpha value is -3.17. The summed E-state index contributed by atoms with van der Waals surface area (Å²) in [6, 6.07) is 21.9. The van der Waals surface area contributed by atoms with Crippen molar-refractivity contribution in [2.45, 2.75) is 63.1 Å². The number of benzene rings is 3. The van der Waals surface area contributed by atoms with Gasteiger partial charge < -0.3 is 10.2 Å². The molecule has 4 rings (SSSR count). The number of carbonyl (C=O) groups excluding carboxylic acids is 2. The van der Waals surface area contributed by atoms with Gasteiger partial charge in [0, 0.05) is 17.1 Å². The highest BCUT2D eigenvalue weighted by Gasteiger charge is 2.33. The van der Waals surface area contributed by atoms with E-state index in [9.17, 15) is 18.0 Å². The molecule has 1 unspecified atom stereocenters. The zero-order valence-corrected chi connectivity index (χ0v) is 24.6. The number of sulfonamides is 1. The predicted octanol–water partition coefficient (Wildman–Crippen LogP) is 5.43. The lowest BCUT2D eigenvalue weighted by atomic mass is 10.1. The van der Waals surface area contributed by atoms with Crippen LogP contribution in [0.1, 0.15) is 43.7 Å². The van der Waals surface area contributed by atoms with Gasteiger partial charge in [-0.05, 0) is 74.2 Å². The van der Waals surface area contributed by atoms with Crippen molar-refractivity contribution in [1.82, 2.24) is 10.2 Å². The molecule has 7 nitrogen and oxygen atoms in total. The Bertz CT molecular complexity index is 1390. The van der Waals surface area contributed by atoms with Gasteiger partial charge in [0.1, 0.15) is 12.6 Å². The zero-order chi connectivity index (χ0) is 28.0. The second-order valence-electron chi connectivity index (χ2n) is 9.98. The molecule has 1 saturated carbocycles. The van der Waals surface area contributed by atoms with Gasteiger partial charge in [-0.25, -0.2) is 8.42 Å². The third-order valence-electron chi connectivity index (χ3n) is 7.03. The van der Waals surface area contributed by atoms with Crippen LogP contribution in [0.3, 0.4) is 0 Å². The summed E-state index contributed by atoms with van der Waals surface area (Å²) >= 11 is 3.43. The number of hydrogen-bond acceptors (Lipinski definition) is 4. The van der Waals surface area contributed by atoms with Gasteiger partial charge in [0.2, 0.25) is 11.8 Å². The molecule has 0 spiro atoms. The monoisotopic (exact) mass is 611 g/mol. The average molecular weight is 613 g/mol. The molecule has 0 bridgehead atoms. The topological polar surface area (TPSA) is 86.8 Å². The molecule has 3 aromatic carbocycles. The van der Waals surface area contributed by atoms with Crippen molar-refractivity contribution < 1.29 is 18.0 Å². The van der Waals surface area contributed by atoms with E-state index in [1.54, 1.807) is 43.3 Å². The van der Waals surface area contributed by atoms with Gasteiger partial charge in [-0.2, -0.15) is 0 Å². The molecular formula is C30H34BrN3O4S. The Morgan fingerprint density at radius 3 is 2.28 bits per heavy atom. The van der Waals surface area contributed by atoms with Crippen LogP contribution in [0.5, 0.6) is 0 Å². The molecule has 1 aliphatic rings. The summed E-state index contributed by atoms with van der Waals surface area (Å²) in [6.45, 7) is 3.29. The summed E-state index contributed by atoms with van der Waals surface area (Å²) in [5.41, 5.74) is 2.09. The number of carbonyl (C=O) groups is 2. The minimum Gasteiger partial charge on any atom is -0.352 e. The maximum absolute atomic E-state index is 14.0. The third kappa shape index (κ3) is 7.28. The maximum Gasteiger partial charge on any atom is 0.264 e. The number of amides is 2. The largest absolute Gasteiger partial charge is 0.352 e. The van der Waals surface area contributed by atoms with Crippen LogP contribution >= 0.6 is 15.9 Å². The van der Waals surface area contributed by atoms with E-state index in [1.807, 2.05) is 37.3 Å². The van der Waals surface area contributed by atoms with Crippen molar-refractivity contribution in [3.8, 4) is 0 Å². The van der Waals surface area contributed by atoms with Gasteiger partial charge >= 0.3 is 0 Å². The second kappa shape index (κ2) is 12.8. The summed E-state index contributed by atoms with van der Waals surface area (Å²) in [6.07, 6.45) is 4.00. The van der Waals surface area contributed by atoms with Crippen LogP contribution in [0.2, 0.25) is 0 Å². The first-order chi connectivity index (χ1) is 18.6. The Labute approximate surface area is 239 Å². The van der Waals surface area contributed by atoms with Gasteiger partial charge in [-0.15, -0.1) is 0 Å². The number of nitrogens with one attached hydrogen (secondary N) is 1. The van der Waals surface area contributed by atoms with E-state index in [-0.39, 0.29) is 23.4 Å². The van der Waals surface area contributed by atoms with Crippen LogP contribution < -0.4 is 9.62 Å². The minimum atomic E-state index is -4.06. The normalized spacial score (nSPS) is 14.5. The molecule has 1 atom stereocenters. The van der Waals surface area contributed by atoms with E-state index >= 15 is 0 Å². The lowest BCUT2D eigenvalue weighted by molar-refractivity contribution is -0.139. The fourth-order valence-electron chi connectivity index (χ4n) is 4.79. The van der Waals surface area contributed by atoms with Gasteiger partial charge in [0.05, 0.1) is 10.6 Å². The van der Waals surface area contributed by atoms with Crippen molar-refractivity contribution >= 4 is 43.5 Å². The standard InChI is InChI=1S/C30H34BrN3O4S/c1-22-9-8-12-27(19-22)34(39(37,38)28-13-4-3-5-14-28)21-29(35)33(20-24-15-17-25(31)18-16-24)23(2)30(36)32-26-10-6-7-11-26/h3-5,8-9,12-19,23,26H,6-7,10-11,20-21H2,1-2H3,(H,32,36). The molecule has 0 radical (unpaired) electrons. The SMILES string of the molecule is Cc1cccc(N(CC(=O)N(Cc2ccc(Br)cc2)C(C)C(=O)NC2CCCC2)S(=O)(=O)c2ccccc2)c1. The number of rotatable bonds is 10. The molecule has 1 fully saturated rings. The van der Waals surface area contributed by atoms with Gasteiger partial charge in [0.25, 0.3) is 10.0 Å². The molecule has 2 amide bonds. The van der Waals surface area contributed by atoms with Crippen LogP contribution in [-0.4, -0.2) is 43.8 Å².